The van der Waals surface area contributed by atoms with Crippen molar-refractivity contribution >= 4 is 26.0 Å². The first-order valence-electron chi connectivity index (χ1n) is 6.26. The summed E-state index contributed by atoms with van der Waals surface area (Å²) in [7, 11) is -3.45. The molecule has 1 aliphatic heterocycles. The molecule has 0 bridgehead atoms. The fourth-order valence-electron chi connectivity index (χ4n) is 2.41. The Balaban J connectivity index is 2.29. The molecule has 1 N–H and O–H groups in total. The van der Waals surface area contributed by atoms with Crippen LogP contribution in [0.5, 0.6) is 0 Å². The van der Waals surface area contributed by atoms with Gasteiger partial charge in [0.1, 0.15) is 0 Å². The summed E-state index contributed by atoms with van der Waals surface area (Å²) in [5, 5.41) is 9.57. The SMILES string of the molecule is Cc1cc(Br)ccc1S(=O)(=O)N1CC[C@@H]([C@H](C)O)C1. The molecule has 19 heavy (non-hydrogen) atoms. The topological polar surface area (TPSA) is 57.6 Å². The highest BCUT2D eigenvalue weighted by Crippen LogP contribution is 2.28. The van der Waals surface area contributed by atoms with E-state index >= 15 is 0 Å². The van der Waals surface area contributed by atoms with Gasteiger partial charge in [-0.25, -0.2) is 8.42 Å². The van der Waals surface area contributed by atoms with Crippen LogP contribution in [-0.2, 0) is 10.0 Å². The van der Waals surface area contributed by atoms with Crippen LogP contribution in [0.3, 0.4) is 0 Å². The molecule has 6 heteroatoms. The Morgan fingerprint density at radius 2 is 2.16 bits per heavy atom. The maximum Gasteiger partial charge on any atom is 0.243 e. The van der Waals surface area contributed by atoms with Crippen LogP contribution < -0.4 is 0 Å². The van der Waals surface area contributed by atoms with E-state index in [1.165, 1.54) is 4.31 Å². The predicted octanol–water partition coefficient (Wildman–Crippen LogP) is 2.15. The molecule has 0 saturated carbocycles. The quantitative estimate of drug-likeness (QED) is 0.911. The van der Waals surface area contributed by atoms with E-state index in [-0.39, 0.29) is 5.92 Å². The van der Waals surface area contributed by atoms with Gasteiger partial charge in [0.2, 0.25) is 10.0 Å². The number of halogens is 1. The second kappa shape index (κ2) is 5.52. The highest BCUT2D eigenvalue weighted by atomic mass is 79.9. The standard InChI is InChI=1S/C13H18BrNO3S/c1-9-7-12(14)3-4-13(9)19(17,18)15-6-5-11(8-15)10(2)16/h3-4,7,10-11,16H,5-6,8H2,1-2H3/t10-,11+/m0/s1. The summed E-state index contributed by atoms with van der Waals surface area (Å²) in [6, 6.07) is 5.17. The fraction of sp³-hybridized carbons (Fsp3) is 0.538. The van der Waals surface area contributed by atoms with Crippen molar-refractivity contribution in [2.75, 3.05) is 13.1 Å². The van der Waals surface area contributed by atoms with E-state index in [1.54, 1.807) is 32.0 Å². The van der Waals surface area contributed by atoms with E-state index in [9.17, 15) is 13.5 Å². The van der Waals surface area contributed by atoms with E-state index in [2.05, 4.69) is 15.9 Å². The van der Waals surface area contributed by atoms with Gasteiger partial charge in [0.05, 0.1) is 11.0 Å². The number of hydrogen-bond acceptors (Lipinski definition) is 3. The van der Waals surface area contributed by atoms with Crippen LogP contribution in [0.4, 0.5) is 0 Å². The molecule has 0 spiro atoms. The predicted molar refractivity (Wildman–Crippen MR) is 77.4 cm³/mol. The van der Waals surface area contributed by atoms with E-state index in [0.717, 1.165) is 10.0 Å². The average Bonchev–Trinajstić information content (AvgIpc) is 2.78. The summed E-state index contributed by atoms with van der Waals surface area (Å²) in [5.41, 5.74) is 0.731. The molecule has 1 aromatic rings. The molecule has 106 valence electrons. The number of aliphatic hydroxyl groups excluding tert-OH is 1. The van der Waals surface area contributed by atoms with Crippen LogP contribution >= 0.6 is 15.9 Å². The van der Waals surface area contributed by atoms with Gasteiger partial charge >= 0.3 is 0 Å². The van der Waals surface area contributed by atoms with Gasteiger partial charge in [-0.15, -0.1) is 0 Å². The number of hydrogen-bond donors (Lipinski definition) is 1. The molecule has 0 aliphatic carbocycles. The number of nitrogens with zero attached hydrogens (tertiary/aromatic N) is 1. The van der Waals surface area contributed by atoms with Gasteiger partial charge in [0, 0.05) is 17.6 Å². The van der Waals surface area contributed by atoms with Crippen LogP contribution in [0.25, 0.3) is 0 Å². The minimum Gasteiger partial charge on any atom is -0.393 e. The minimum atomic E-state index is -3.45. The monoisotopic (exact) mass is 347 g/mol. The second-order valence-electron chi connectivity index (χ2n) is 5.06. The Morgan fingerprint density at radius 1 is 1.47 bits per heavy atom. The lowest BCUT2D eigenvalue weighted by molar-refractivity contribution is 0.133. The number of rotatable bonds is 3. The van der Waals surface area contributed by atoms with E-state index in [0.29, 0.717) is 24.4 Å². The van der Waals surface area contributed by atoms with Crippen molar-refractivity contribution in [3.63, 3.8) is 0 Å². The summed E-state index contributed by atoms with van der Waals surface area (Å²) in [5.74, 6) is 0.0329. The van der Waals surface area contributed by atoms with Crippen molar-refractivity contribution in [3.05, 3.63) is 28.2 Å². The fourth-order valence-corrected chi connectivity index (χ4v) is 4.60. The Kier molecular flexibility index (Phi) is 4.35. The number of benzene rings is 1. The van der Waals surface area contributed by atoms with Crippen molar-refractivity contribution in [1.29, 1.82) is 0 Å². The average molecular weight is 348 g/mol. The maximum atomic E-state index is 12.6. The zero-order chi connectivity index (χ0) is 14.2. The third kappa shape index (κ3) is 3.02. The first-order chi connectivity index (χ1) is 8.82. The van der Waals surface area contributed by atoms with Crippen LogP contribution in [0.1, 0.15) is 18.9 Å². The van der Waals surface area contributed by atoms with Gasteiger partial charge in [-0.05, 0) is 49.9 Å². The Labute approximate surface area is 122 Å². The van der Waals surface area contributed by atoms with Crippen molar-refractivity contribution in [2.24, 2.45) is 5.92 Å². The van der Waals surface area contributed by atoms with Crippen LogP contribution in [0, 0.1) is 12.8 Å². The third-order valence-electron chi connectivity index (χ3n) is 3.62. The molecule has 0 radical (unpaired) electrons. The number of aryl methyl sites for hydroxylation is 1. The van der Waals surface area contributed by atoms with Crippen molar-refractivity contribution in [3.8, 4) is 0 Å². The summed E-state index contributed by atoms with van der Waals surface area (Å²) in [6.07, 6.45) is 0.248. The number of sulfonamides is 1. The van der Waals surface area contributed by atoms with E-state index in [4.69, 9.17) is 0 Å². The summed E-state index contributed by atoms with van der Waals surface area (Å²) in [4.78, 5) is 0.349. The van der Waals surface area contributed by atoms with Gasteiger partial charge in [-0.2, -0.15) is 4.31 Å². The minimum absolute atomic E-state index is 0.0329. The smallest absolute Gasteiger partial charge is 0.243 e. The van der Waals surface area contributed by atoms with Gasteiger partial charge in [0.25, 0.3) is 0 Å². The molecule has 1 saturated heterocycles. The Bertz CT molecular complexity index is 571. The second-order valence-corrected chi connectivity index (χ2v) is 7.88. The normalized spacial score (nSPS) is 22.6. The van der Waals surface area contributed by atoms with Gasteiger partial charge < -0.3 is 5.11 Å². The molecule has 2 atom stereocenters. The van der Waals surface area contributed by atoms with Crippen LogP contribution in [0.15, 0.2) is 27.6 Å². The zero-order valence-electron chi connectivity index (χ0n) is 11.0. The van der Waals surface area contributed by atoms with Crippen molar-refractivity contribution < 1.29 is 13.5 Å². The molecule has 1 fully saturated rings. The van der Waals surface area contributed by atoms with Crippen LogP contribution in [-0.4, -0.2) is 37.0 Å². The largest absolute Gasteiger partial charge is 0.393 e. The Hall–Kier alpha value is -0.430. The zero-order valence-corrected chi connectivity index (χ0v) is 13.4. The molecule has 0 aromatic heterocycles. The molecule has 1 aliphatic rings. The summed E-state index contributed by atoms with van der Waals surface area (Å²) < 4.78 is 27.5. The van der Waals surface area contributed by atoms with Gasteiger partial charge in [-0.1, -0.05) is 15.9 Å². The Morgan fingerprint density at radius 3 is 2.68 bits per heavy atom. The first kappa shape index (κ1) is 15.0. The molecule has 1 heterocycles. The molecular formula is C13H18BrNO3S. The lowest BCUT2D eigenvalue weighted by Gasteiger charge is -2.19. The molecule has 1 aromatic carbocycles. The summed E-state index contributed by atoms with van der Waals surface area (Å²) >= 11 is 3.33. The van der Waals surface area contributed by atoms with Crippen molar-refractivity contribution in [1.82, 2.24) is 4.31 Å². The van der Waals surface area contributed by atoms with Crippen molar-refractivity contribution in [2.45, 2.75) is 31.3 Å². The lowest BCUT2D eigenvalue weighted by Crippen LogP contribution is -2.31. The van der Waals surface area contributed by atoms with E-state index < -0.39 is 16.1 Å². The molecular weight excluding hydrogens is 330 g/mol. The van der Waals surface area contributed by atoms with Gasteiger partial charge in [-0.3, -0.25) is 0 Å². The molecule has 2 rings (SSSR count). The third-order valence-corrected chi connectivity index (χ3v) is 6.14. The maximum absolute atomic E-state index is 12.6. The highest BCUT2D eigenvalue weighted by Gasteiger charge is 2.34. The van der Waals surface area contributed by atoms with Gasteiger partial charge in [0.15, 0.2) is 0 Å². The molecule has 0 amide bonds. The highest BCUT2D eigenvalue weighted by molar-refractivity contribution is 9.10. The first-order valence-corrected chi connectivity index (χ1v) is 8.50. The molecule has 4 nitrogen and oxygen atoms in total. The number of aliphatic hydroxyl groups is 1. The van der Waals surface area contributed by atoms with Crippen LogP contribution in [0.2, 0.25) is 0 Å². The lowest BCUT2D eigenvalue weighted by atomic mass is 10.0. The molecule has 0 unspecified atom stereocenters. The summed E-state index contributed by atoms with van der Waals surface area (Å²) in [6.45, 7) is 4.38. The van der Waals surface area contributed by atoms with E-state index in [1.807, 2.05) is 0 Å².